The molecule has 0 aliphatic carbocycles. The lowest BCUT2D eigenvalue weighted by atomic mass is 10.2. The molecule has 9 heterocycles. The van der Waals surface area contributed by atoms with Crippen LogP contribution in [-0.4, -0.2) is 75.4 Å². The first kappa shape index (κ1) is 101. The zero-order chi connectivity index (χ0) is 71.8. The van der Waals surface area contributed by atoms with E-state index in [2.05, 4.69) is 115 Å². The second-order valence-electron chi connectivity index (χ2n) is 16.5. The van der Waals surface area contributed by atoms with Gasteiger partial charge in [-0.05, 0) is 211 Å². The minimum absolute atomic E-state index is 1.01. The van der Waals surface area contributed by atoms with E-state index in [9.17, 15) is 0 Å². The molecule has 0 radical (unpaired) electrons. The number of nitrogens with zero attached hydrogens (tertiary/aromatic N) is 15. The summed E-state index contributed by atoms with van der Waals surface area (Å²) in [7, 11) is 0. The molecule has 0 spiro atoms. The van der Waals surface area contributed by atoms with Gasteiger partial charge in [-0.15, -0.1) is 0 Å². The number of aromatic nitrogens is 15. The van der Waals surface area contributed by atoms with E-state index < -0.39 is 0 Å². The molecule has 0 aliphatic heterocycles. The van der Waals surface area contributed by atoms with Crippen LogP contribution in [0.3, 0.4) is 0 Å². The van der Waals surface area contributed by atoms with Crippen LogP contribution < -0.4 is 0 Å². The number of pyridine rings is 3. The van der Waals surface area contributed by atoms with Crippen molar-refractivity contribution in [2.75, 3.05) is 0 Å². The van der Waals surface area contributed by atoms with Crippen molar-refractivity contribution in [1.29, 1.82) is 0 Å². The van der Waals surface area contributed by atoms with Gasteiger partial charge in [-0.1, -0.05) is 137 Å². The Labute approximate surface area is 552 Å². The van der Waals surface area contributed by atoms with Gasteiger partial charge in [0.15, 0.2) is 0 Å². The third kappa shape index (κ3) is 60.2. The van der Waals surface area contributed by atoms with Crippen LogP contribution in [0.1, 0.15) is 226 Å². The minimum Gasteiger partial charge on any atom is -0.264 e. The van der Waals surface area contributed by atoms with Gasteiger partial charge in [0, 0.05) is 84.7 Å². The summed E-state index contributed by atoms with van der Waals surface area (Å²) in [6, 6.07) is 13.9. The van der Waals surface area contributed by atoms with E-state index in [0.717, 1.165) is 56.7 Å². The minimum atomic E-state index is 1.01. The maximum Gasteiger partial charge on any atom is 0.115 e. The Morgan fingerprint density at radius 2 is 0.456 bits per heavy atom. The van der Waals surface area contributed by atoms with E-state index >= 15 is 0 Å². The van der Waals surface area contributed by atoms with Gasteiger partial charge in [0.05, 0.1) is 35.2 Å². The monoisotopic (exact) mass is 1240 g/mol. The summed E-state index contributed by atoms with van der Waals surface area (Å²) in [4.78, 5) is 35.7. The Bertz CT molecular complexity index is 2080. The van der Waals surface area contributed by atoms with Crippen LogP contribution in [0.5, 0.6) is 0 Å². The third-order valence-corrected chi connectivity index (χ3v) is 10.8. The topological polar surface area (TPSA) is 193 Å². The Kier molecular flexibility index (Phi) is 86.3. The molecule has 0 amide bonds. The number of rotatable bonds is 0. The largest absolute Gasteiger partial charge is 0.264 e. The van der Waals surface area contributed by atoms with Crippen molar-refractivity contribution < 1.29 is 0 Å². The number of hydrogen-bond acceptors (Lipinski definition) is 15. The highest BCUT2D eigenvalue weighted by Gasteiger charge is 1.92. The molecule has 0 N–H and O–H groups in total. The molecule has 9 aromatic rings. The average molecular weight is 1240 g/mol. The van der Waals surface area contributed by atoms with Gasteiger partial charge in [0.25, 0.3) is 0 Å². The standard InChI is InChI=1S/3C7H9N.6C6H8N2.9C2H6/c1-6-3-4-8-5-7(6)2;2*1-6-4-3-5-8-7(6)2;2*1-5-3-7-4-8-6(5)2;1-5-3-7-8-4-6(5)2;1-5-6(2)8-4-3-7-5;2*1-5-3-4-7-8-6(5)2;9*1-2/h3*3-5H,1-2H3;6*3-4H,1-2H3;9*1-2H3. The lowest BCUT2D eigenvalue weighted by Crippen LogP contribution is -1.87. The van der Waals surface area contributed by atoms with Crippen molar-refractivity contribution in [3.8, 4) is 0 Å². The molecule has 0 aliphatic rings. The maximum absolute atomic E-state index is 4.08. The van der Waals surface area contributed by atoms with Crippen LogP contribution >= 0.6 is 0 Å². The van der Waals surface area contributed by atoms with Crippen LogP contribution in [-0.2, 0) is 0 Å². The zero-order valence-corrected chi connectivity index (χ0v) is 63.8. The molecular formula is C75H129N15. The van der Waals surface area contributed by atoms with Crippen molar-refractivity contribution in [2.45, 2.75) is 249 Å². The van der Waals surface area contributed by atoms with Gasteiger partial charge in [0.1, 0.15) is 12.7 Å². The fourth-order valence-electron chi connectivity index (χ4n) is 4.44. The van der Waals surface area contributed by atoms with Crippen molar-refractivity contribution in [3.05, 3.63) is 231 Å². The number of aryl methyl sites for hydroxylation is 18. The predicted molar refractivity (Wildman–Crippen MR) is 392 cm³/mol. The second-order valence-corrected chi connectivity index (χ2v) is 16.5. The van der Waals surface area contributed by atoms with Crippen molar-refractivity contribution >= 4 is 0 Å². The van der Waals surface area contributed by atoms with E-state index in [1.54, 1.807) is 49.8 Å². The van der Waals surface area contributed by atoms with Gasteiger partial charge in [-0.3, -0.25) is 24.9 Å². The van der Waals surface area contributed by atoms with Gasteiger partial charge < -0.3 is 0 Å². The van der Waals surface area contributed by atoms with E-state index in [4.69, 9.17) is 0 Å². The van der Waals surface area contributed by atoms with Crippen LogP contribution in [0.15, 0.2) is 129 Å². The molecule has 0 fully saturated rings. The van der Waals surface area contributed by atoms with E-state index in [0.29, 0.717) is 0 Å². The van der Waals surface area contributed by atoms with Crippen LogP contribution in [0.4, 0.5) is 0 Å². The van der Waals surface area contributed by atoms with Gasteiger partial charge in [-0.2, -0.15) is 30.6 Å². The lowest BCUT2D eigenvalue weighted by Gasteiger charge is -1.92. The summed E-state index contributed by atoms with van der Waals surface area (Å²) in [5.74, 6) is 0. The normalized spacial score (nSPS) is 8.00. The molecule has 0 saturated carbocycles. The van der Waals surface area contributed by atoms with E-state index in [1.165, 1.54) is 44.5 Å². The Morgan fingerprint density at radius 1 is 0.189 bits per heavy atom. The first-order chi connectivity index (χ1) is 43.2. The summed E-state index contributed by atoms with van der Waals surface area (Å²) in [5.41, 5.74) is 20.5. The fraction of sp³-hybridized carbons (Fsp3) is 0.480. The van der Waals surface area contributed by atoms with Gasteiger partial charge >= 0.3 is 0 Å². The molecule has 504 valence electrons. The highest BCUT2D eigenvalue weighted by Crippen LogP contribution is 2.03. The van der Waals surface area contributed by atoms with Crippen LogP contribution in [0.2, 0.25) is 0 Å². The molecule has 0 saturated heterocycles. The molecule has 0 bridgehead atoms. The summed E-state index contributed by atoms with van der Waals surface area (Å²) in [6.45, 7) is 72.1. The third-order valence-electron chi connectivity index (χ3n) is 10.8. The Hall–Kier alpha value is -8.07. The quantitative estimate of drug-likeness (QED) is 0.139. The Morgan fingerprint density at radius 3 is 0.633 bits per heavy atom. The van der Waals surface area contributed by atoms with Crippen molar-refractivity contribution in [3.63, 3.8) is 0 Å². The molecule has 9 rings (SSSR count). The summed E-state index contributed by atoms with van der Waals surface area (Å²) in [5, 5.41) is 22.4. The first-order valence-electron chi connectivity index (χ1n) is 32.3. The maximum atomic E-state index is 4.08. The highest BCUT2D eigenvalue weighted by molar-refractivity contribution is 5.20. The molecular weight excluding hydrogens is 1110 g/mol. The first-order valence-corrected chi connectivity index (χ1v) is 32.3. The van der Waals surface area contributed by atoms with E-state index in [1.807, 2.05) is 289 Å². The Balaban J connectivity index is -0.000000113. The van der Waals surface area contributed by atoms with Crippen molar-refractivity contribution in [1.82, 2.24) is 75.4 Å². The molecule has 0 aromatic carbocycles. The predicted octanol–water partition coefficient (Wildman–Crippen LogP) is 20.9. The molecule has 15 heteroatoms. The van der Waals surface area contributed by atoms with Crippen LogP contribution in [0.25, 0.3) is 0 Å². The lowest BCUT2D eigenvalue weighted by molar-refractivity contribution is 0.961. The highest BCUT2D eigenvalue weighted by atomic mass is 15.1. The number of hydrogen-bond donors (Lipinski definition) is 0. The van der Waals surface area contributed by atoms with E-state index in [-0.39, 0.29) is 0 Å². The molecule has 0 atom stereocenters. The summed E-state index contributed by atoms with van der Waals surface area (Å²) in [6.07, 6.45) is 24.3. The average Bonchev–Trinajstić information content (AvgIpc) is 3.63. The zero-order valence-electron chi connectivity index (χ0n) is 63.8. The SMILES string of the molecule is CC.CC.CC.CC.CC.CC.CC.CC.CC.Cc1cccnc1C.Cc1cccnc1C.Cc1ccncc1C.Cc1ccnnc1C.Cc1ccnnc1C.Cc1cncnc1C.Cc1cncnc1C.Cc1cnncc1C.Cc1nccnc1C. The smallest absolute Gasteiger partial charge is 0.115 e. The fourth-order valence-corrected chi connectivity index (χ4v) is 4.44. The molecule has 9 aromatic heterocycles. The summed E-state index contributed by atoms with van der Waals surface area (Å²) < 4.78 is 0. The molecule has 0 unspecified atom stereocenters. The molecule has 15 nitrogen and oxygen atoms in total. The van der Waals surface area contributed by atoms with Gasteiger partial charge in [0.2, 0.25) is 0 Å². The van der Waals surface area contributed by atoms with Crippen LogP contribution in [0, 0.1) is 125 Å². The molecule has 90 heavy (non-hydrogen) atoms. The second kappa shape index (κ2) is 77.0. The van der Waals surface area contributed by atoms with Crippen molar-refractivity contribution in [2.24, 2.45) is 0 Å². The van der Waals surface area contributed by atoms with Gasteiger partial charge in [-0.25, -0.2) is 19.9 Å². The summed E-state index contributed by atoms with van der Waals surface area (Å²) >= 11 is 0.